The van der Waals surface area contributed by atoms with Gasteiger partial charge in [0.15, 0.2) is 0 Å². The fourth-order valence-electron chi connectivity index (χ4n) is 1.79. The van der Waals surface area contributed by atoms with Gasteiger partial charge in [-0.25, -0.2) is 4.79 Å². The molecule has 2 N–H and O–H groups in total. The molecule has 112 valence electrons. The summed E-state index contributed by atoms with van der Waals surface area (Å²) in [4.78, 5) is 11.7. The van der Waals surface area contributed by atoms with Crippen molar-refractivity contribution in [2.75, 3.05) is 0 Å². The highest BCUT2D eigenvalue weighted by atomic mass is 16.5. The van der Waals surface area contributed by atoms with Crippen LogP contribution in [0.15, 0.2) is 36.5 Å². The number of carbonyl (C=O) groups is 1. The predicted octanol–water partition coefficient (Wildman–Crippen LogP) is 1.09. The van der Waals surface area contributed by atoms with E-state index in [9.17, 15) is 4.79 Å². The summed E-state index contributed by atoms with van der Waals surface area (Å²) >= 11 is 0. The number of ether oxygens (including phenoxy) is 1. The van der Waals surface area contributed by atoms with Gasteiger partial charge in [-0.2, -0.15) is 0 Å². The first-order chi connectivity index (χ1) is 10.2. The normalized spacial score (nSPS) is 11.9. The Kier molecular flexibility index (Phi) is 5.28. The van der Waals surface area contributed by atoms with Gasteiger partial charge in [-0.1, -0.05) is 35.5 Å². The van der Waals surface area contributed by atoms with Crippen LogP contribution in [0.5, 0.6) is 0 Å². The van der Waals surface area contributed by atoms with Gasteiger partial charge in [0.25, 0.3) is 0 Å². The molecule has 0 aliphatic rings. The number of aromatic nitrogens is 3. The fourth-order valence-corrected chi connectivity index (χ4v) is 1.79. The molecular weight excluding hydrogens is 272 g/mol. The zero-order valence-corrected chi connectivity index (χ0v) is 11.8. The Morgan fingerprint density at radius 1 is 1.43 bits per heavy atom. The summed E-state index contributed by atoms with van der Waals surface area (Å²) in [5.41, 5.74) is 1.43. The number of aliphatic hydroxyl groups is 1. The van der Waals surface area contributed by atoms with Crippen LogP contribution < -0.4 is 5.32 Å². The lowest BCUT2D eigenvalue weighted by Crippen LogP contribution is -2.36. The number of nitrogens with one attached hydrogen (secondary N) is 1. The molecule has 2 rings (SSSR count). The molecule has 0 saturated heterocycles. The van der Waals surface area contributed by atoms with E-state index in [1.54, 1.807) is 10.9 Å². The van der Waals surface area contributed by atoms with E-state index in [0.717, 1.165) is 5.56 Å². The molecule has 1 heterocycles. The summed E-state index contributed by atoms with van der Waals surface area (Å²) in [6, 6.07) is 9.31. The van der Waals surface area contributed by atoms with Crippen molar-refractivity contribution in [3.8, 4) is 0 Å². The van der Waals surface area contributed by atoms with E-state index in [0.29, 0.717) is 12.2 Å². The number of hydrogen-bond acceptors (Lipinski definition) is 5. The van der Waals surface area contributed by atoms with Gasteiger partial charge in [0.2, 0.25) is 0 Å². The molecule has 2 aromatic rings. The van der Waals surface area contributed by atoms with Crippen LogP contribution in [0.25, 0.3) is 0 Å². The van der Waals surface area contributed by atoms with Crippen molar-refractivity contribution in [2.45, 2.75) is 32.7 Å². The maximum absolute atomic E-state index is 11.7. The topological polar surface area (TPSA) is 89.3 Å². The molecule has 7 nitrogen and oxygen atoms in total. The summed E-state index contributed by atoms with van der Waals surface area (Å²) in [6.45, 7) is 2.37. The second kappa shape index (κ2) is 7.39. The monoisotopic (exact) mass is 290 g/mol. The third-order valence-corrected chi connectivity index (χ3v) is 2.79. The Labute approximate surface area is 122 Å². The summed E-state index contributed by atoms with van der Waals surface area (Å²) in [6.07, 6.45) is 1.15. The van der Waals surface area contributed by atoms with Crippen LogP contribution >= 0.6 is 0 Å². The molecule has 0 spiro atoms. The van der Waals surface area contributed by atoms with Gasteiger partial charge in [-0.05, 0) is 12.5 Å². The highest BCUT2D eigenvalue weighted by Gasteiger charge is 2.10. The van der Waals surface area contributed by atoms with E-state index in [1.807, 2.05) is 37.3 Å². The van der Waals surface area contributed by atoms with Crippen molar-refractivity contribution in [3.63, 3.8) is 0 Å². The number of alkyl carbamates (subject to hydrolysis) is 1. The first-order valence-corrected chi connectivity index (χ1v) is 6.64. The SMILES string of the molecule is C[C@H](Cn1cc(CO)nn1)NC(=O)OCc1ccccc1. The minimum absolute atomic E-state index is 0.152. The van der Waals surface area contributed by atoms with Crippen LogP contribution in [0.1, 0.15) is 18.2 Å². The summed E-state index contributed by atoms with van der Waals surface area (Å²) in [7, 11) is 0. The quantitative estimate of drug-likeness (QED) is 0.831. The minimum atomic E-state index is -0.478. The molecular formula is C14H18N4O3. The molecule has 0 aliphatic carbocycles. The molecule has 1 amide bonds. The highest BCUT2D eigenvalue weighted by Crippen LogP contribution is 2.01. The average Bonchev–Trinajstić information content (AvgIpc) is 2.93. The third kappa shape index (κ3) is 4.88. The lowest BCUT2D eigenvalue weighted by Gasteiger charge is -2.13. The molecule has 0 unspecified atom stereocenters. The van der Waals surface area contributed by atoms with Crippen molar-refractivity contribution < 1.29 is 14.6 Å². The van der Waals surface area contributed by atoms with Gasteiger partial charge in [0.05, 0.1) is 19.3 Å². The van der Waals surface area contributed by atoms with E-state index in [2.05, 4.69) is 15.6 Å². The molecule has 0 radical (unpaired) electrons. The molecule has 1 aromatic heterocycles. The number of aliphatic hydroxyl groups excluding tert-OH is 1. The average molecular weight is 290 g/mol. The van der Waals surface area contributed by atoms with Crippen LogP contribution in [-0.4, -0.2) is 32.2 Å². The largest absolute Gasteiger partial charge is 0.445 e. The predicted molar refractivity (Wildman–Crippen MR) is 75.2 cm³/mol. The molecule has 7 heteroatoms. The van der Waals surface area contributed by atoms with Gasteiger partial charge in [0, 0.05) is 6.04 Å². The van der Waals surface area contributed by atoms with E-state index in [1.165, 1.54) is 0 Å². The Bertz CT molecular complexity index is 571. The van der Waals surface area contributed by atoms with Gasteiger partial charge < -0.3 is 15.2 Å². The second-order valence-corrected chi connectivity index (χ2v) is 4.70. The zero-order valence-electron chi connectivity index (χ0n) is 11.8. The van der Waals surface area contributed by atoms with Crippen LogP contribution in [0.2, 0.25) is 0 Å². The standard InChI is InChI=1S/C14H18N4O3/c1-11(7-18-8-13(9-19)16-17-18)15-14(20)21-10-12-5-3-2-4-6-12/h2-6,8,11,19H,7,9-10H2,1H3,(H,15,20)/t11-/m1/s1. The minimum Gasteiger partial charge on any atom is -0.445 e. The maximum atomic E-state index is 11.7. The number of benzene rings is 1. The summed E-state index contributed by atoms with van der Waals surface area (Å²) < 4.78 is 6.69. The van der Waals surface area contributed by atoms with Gasteiger partial charge >= 0.3 is 6.09 Å². The van der Waals surface area contributed by atoms with Crippen LogP contribution in [0.3, 0.4) is 0 Å². The number of hydrogen-bond donors (Lipinski definition) is 2. The molecule has 1 aromatic carbocycles. The third-order valence-electron chi connectivity index (χ3n) is 2.79. The Morgan fingerprint density at radius 3 is 2.86 bits per heavy atom. The van der Waals surface area contributed by atoms with Gasteiger partial charge in [-0.3, -0.25) is 4.68 Å². The first kappa shape index (κ1) is 15.0. The van der Waals surface area contributed by atoms with Crippen molar-refractivity contribution in [1.82, 2.24) is 20.3 Å². The zero-order chi connectivity index (χ0) is 15.1. The lowest BCUT2D eigenvalue weighted by atomic mass is 10.2. The highest BCUT2D eigenvalue weighted by molar-refractivity contribution is 5.67. The summed E-state index contributed by atoms with van der Waals surface area (Å²) in [5.74, 6) is 0. The van der Waals surface area contributed by atoms with Crippen molar-refractivity contribution in [1.29, 1.82) is 0 Å². The van der Waals surface area contributed by atoms with Gasteiger partial charge in [0.1, 0.15) is 12.3 Å². The molecule has 21 heavy (non-hydrogen) atoms. The van der Waals surface area contributed by atoms with Crippen molar-refractivity contribution in [2.24, 2.45) is 0 Å². The van der Waals surface area contributed by atoms with Gasteiger partial charge in [-0.15, -0.1) is 5.10 Å². The Hall–Kier alpha value is -2.41. The smallest absolute Gasteiger partial charge is 0.407 e. The molecule has 0 fully saturated rings. The van der Waals surface area contributed by atoms with Crippen LogP contribution in [-0.2, 0) is 24.5 Å². The van der Waals surface area contributed by atoms with E-state index < -0.39 is 6.09 Å². The Balaban J connectivity index is 1.74. The number of amides is 1. The van der Waals surface area contributed by atoms with Crippen molar-refractivity contribution in [3.05, 3.63) is 47.8 Å². The summed E-state index contributed by atoms with van der Waals surface area (Å²) in [5, 5.41) is 19.2. The number of carbonyl (C=O) groups excluding carboxylic acids is 1. The fraction of sp³-hybridized carbons (Fsp3) is 0.357. The first-order valence-electron chi connectivity index (χ1n) is 6.64. The van der Waals surface area contributed by atoms with E-state index in [-0.39, 0.29) is 19.3 Å². The molecule has 1 atom stereocenters. The maximum Gasteiger partial charge on any atom is 0.407 e. The molecule has 0 bridgehead atoms. The second-order valence-electron chi connectivity index (χ2n) is 4.70. The number of rotatable bonds is 6. The molecule has 0 aliphatic heterocycles. The van der Waals surface area contributed by atoms with E-state index >= 15 is 0 Å². The Morgan fingerprint density at radius 2 is 2.19 bits per heavy atom. The molecule has 0 saturated carbocycles. The number of nitrogens with zero attached hydrogens (tertiary/aromatic N) is 3. The van der Waals surface area contributed by atoms with E-state index in [4.69, 9.17) is 9.84 Å². The van der Waals surface area contributed by atoms with Crippen molar-refractivity contribution >= 4 is 6.09 Å². The lowest BCUT2D eigenvalue weighted by molar-refractivity contribution is 0.135. The van der Waals surface area contributed by atoms with Crippen LogP contribution in [0.4, 0.5) is 4.79 Å². The van der Waals surface area contributed by atoms with Crippen LogP contribution in [0, 0.1) is 0 Å².